The minimum atomic E-state index is 1.26. The first-order valence-electron chi connectivity index (χ1n) is 4.44. The van der Waals surface area contributed by atoms with Crippen LogP contribution in [0.4, 0.5) is 5.69 Å². The number of fused-ring (bicyclic) bond motifs is 1. The van der Waals surface area contributed by atoms with Gasteiger partial charge < -0.3 is 0 Å². The van der Waals surface area contributed by atoms with E-state index < -0.39 is 0 Å². The predicted octanol–water partition coefficient (Wildman–Crippen LogP) is 2.26. The molecule has 13 heavy (non-hydrogen) atoms. The Balaban J connectivity index is 2.52. The Labute approximate surface area is 79.1 Å². The molecule has 0 N–H and O–H groups in total. The number of hydrogen-bond donors (Lipinski definition) is 0. The lowest BCUT2D eigenvalue weighted by molar-refractivity contribution is 0.442. The number of hydrogen-bond acceptors (Lipinski definition) is 2. The van der Waals surface area contributed by atoms with Crippen molar-refractivity contribution in [2.75, 3.05) is 19.1 Å². The van der Waals surface area contributed by atoms with Gasteiger partial charge >= 0.3 is 0 Å². The minimum Gasteiger partial charge on any atom is -0.296 e. The van der Waals surface area contributed by atoms with Crippen molar-refractivity contribution in [2.45, 2.75) is 6.92 Å². The van der Waals surface area contributed by atoms with Gasteiger partial charge in [-0.3, -0.25) is 10.0 Å². The van der Waals surface area contributed by atoms with Crippen LogP contribution in [0.2, 0.25) is 0 Å². The van der Waals surface area contributed by atoms with Crippen LogP contribution < -0.4 is 5.01 Å². The average molecular weight is 174 g/mol. The standard InChI is InChI=1S/C11H14N2/c1-9-4-5-11-10(8-9)6-7-12(2)13(11)3/h4-8H,1-3H3. The van der Waals surface area contributed by atoms with Crippen molar-refractivity contribution in [1.29, 1.82) is 0 Å². The third-order valence-electron chi connectivity index (χ3n) is 2.47. The Hall–Kier alpha value is -1.44. The summed E-state index contributed by atoms with van der Waals surface area (Å²) < 4.78 is 0. The van der Waals surface area contributed by atoms with Crippen LogP contribution in [0.25, 0.3) is 6.08 Å². The number of benzene rings is 1. The molecule has 2 heteroatoms. The fraction of sp³-hybridized carbons (Fsp3) is 0.273. The van der Waals surface area contributed by atoms with Gasteiger partial charge in [0.2, 0.25) is 0 Å². The summed E-state index contributed by atoms with van der Waals surface area (Å²) in [6, 6.07) is 6.50. The molecule has 0 amide bonds. The molecule has 1 aliphatic heterocycles. The predicted molar refractivity (Wildman–Crippen MR) is 56.4 cm³/mol. The summed E-state index contributed by atoms with van der Waals surface area (Å²) in [5, 5.41) is 4.20. The molecule has 1 aromatic carbocycles. The van der Waals surface area contributed by atoms with Crippen LogP contribution in [0.3, 0.4) is 0 Å². The van der Waals surface area contributed by atoms with Crippen molar-refractivity contribution in [2.24, 2.45) is 0 Å². The molecule has 1 heterocycles. The smallest absolute Gasteiger partial charge is 0.0643 e. The van der Waals surface area contributed by atoms with Crippen molar-refractivity contribution >= 4 is 11.8 Å². The van der Waals surface area contributed by atoms with Gasteiger partial charge in [0.05, 0.1) is 5.69 Å². The van der Waals surface area contributed by atoms with Gasteiger partial charge in [0.1, 0.15) is 0 Å². The summed E-state index contributed by atoms with van der Waals surface area (Å²) in [5.74, 6) is 0. The van der Waals surface area contributed by atoms with E-state index in [-0.39, 0.29) is 0 Å². The zero-order valence-electron chi connectivity index (χ0n) is 8.28. The summed E-state index contributed by atoms with van der Waals surface area (Å²) in [6.07, 6.45) is 4.21. The molecule has 0 saturated carbocycles. The summed E-state index contributed by atoms with van der Waals surface area (Å²) in [7, 11) is 4.11. The van der Waals surface area contributed by atoms with Crippen LogP contribution in [0.1, 0.15) is 11.1 Å². The minimum absolute atomic E-state index is 1.26. The van der Waals surface area contributed by atoms with Crippen LogP contribution in [-0.2, 0) is 0 Å². The zero-order chi connectivity index (χ0) is 9.42. The fourth-order valence-electron chi connectivity index (χ4n) is 1.56. The summed E-state index contributed by atoms with van der Waals surface area (Å²) in [4.78, 5) is 0. The first kappa shape index (κ1) is 8.17. The van der Waals surface area contributed by atoms with E-state index in [4.69, 9.17) is 0 Å². The second-order valence-electron chi connectivity index (χ2n) is 3.48. The molecule has 1 aliphatic rings. The van der Waals surface area contributed by atoms with Crippen molar-refractivity contribution in [3.8, 4) is 0 Å². The molecule has 0 bridgehead atoms. The molecular weight excluding hydrogens is 160 g/mol. The Morgan fingerprint density at radius 1 is 1.15 bits per heavy atom. The maximum atomic E-state index is 2.20. The van der Waals surface area contributed by atoms with Crippen molar-refractivity contribution in [3.05, 3.63) is 35.5 Å². The van der Waals surface area contributed by atoms with E-state index in [0.717, 1.165) is 0 Å². The van der Waals surface area contributed by atoms with E-state index in [0.29, 0.717) is 0 Å². The molecule has 0 aliphatic carbocycles. The second kappa shape index (κ2) is 2.80. The second-order valence-corrected chi connectivity index (χ2v) is 3.48. The van der Waals surface area contributed by atoms with E-state index in [1.54, 1.807) is 0 Å². The van der Waals surface area contributed by atoms with Crippen LogP contribution in [-0.4, -0.2) is 19.1 Å². The molecule has 0 saturated heterocycles. The Bertz CT molecular complexity index is 355. The lowest BCUT2D eigenvalue weighted by Crippen LogP contribution is -2.34. The Kier molecular flexibility index (Phi) is 1.76. The molecule has 68 valence electrons. The molecule has 1 aromatic rings. The van der Waals surface area contributed by atoms with Gasteiger partial charge in [-0.1, -0.05) is 11.6 Å². The zero-order valence-corrected chi connectivity index (χ0v) is 8.28. The van der Waals surface area contributed by atoms with Crippen LogP contribution in [0.5, 0.6) is 0 Å². The molecule has 2 nitrogen and oxygen atoms in total. The first-order chi connectivity index (χ1) is 6.18. The molecule has 0 radical (unpaired) electrons. The SMILES string of the molecule is Cc1ccc2c(c1)C=CN(C)N2C. The molecular formula is C11H14N2. The maximum absolute atomic E-state index is 2.20. The highest BCUT2D eigenvalue weighted by atomic mass is 15.6. The Morgan fingerprint density at radius 3 is 2.69 bits per heavy atom. The van der Waals surface area contributed by atoms with Gasteiger partial charge in [-0.05, 0) is 25.1 Å². The number of anilines is 1. The van der Waals surface area contributed by atoms with Gasteiger partial charge in [-0.2, -0.15) is 0 Å². The number of nitrogens with zero attached hydrogens (tertiary/aromatic N) is 2. The molecule has 2 rings (SSSR count). The maximum Gasteiger partial charge on any atom is 0.0643 e. The topological polar surface area (TPSA) is 6.48 Å². The van der Waals surface area contributed by atoms with Gasteiger partial charge in [-0.25, -0.2) is 0 Å². The highest BCUT2D eigenvalue weighted by Crippen LogP contribution is 2.26. The summed E-state index contributed by atoms with van der Waals surface area (Å²) in [5.41, 5.74) is 3.86. The van der Waals surface area contributed by atoms with Crippen molar-refractivity contribution in [1.82, 2.24) is 5.01 Å². The lowest BCUT2D eigenvalue weighted by Gasteiger charge is -2.33. The monoisotopic (exact) mass is 174 g/mol. The number of hydrazine groups is 1. The Morgan fingerprint density at radius 2 is 1.92 bits per heavy atom. The number of aryl methyl sites for hydroxylation is 1. The van der Waals surface area contributed by atoms with Gasteiger partial charge in [0, 0.05) is 25.9 Å². The molecule has 0 unspecified atom stereocenters. The van der Waals surface area contributed by atoms with Crippen LogP contribution in [0.15, 0.2) is 24.4 Å². The van der Waals surface area contributed by atoms with Gasteiger partial charge in [0.25, 0.3) is 0 Å². The van der Waals surface area contributed by atoms with Gasteiger partial charge in [0.15, 0.2) is 0 Å². The normalized spacial score (nSPS) is 14.7. The highest BCUT2D eigenvalue weighted by Gasteiger charge is 2.11. The fourth-order valence-corrected chi connectivity index (χ4v) is 1.56. The molecule has 0 spiro atoms. The van der Waals surface area contributed by atoms with Crippen molar-refractivity contribution in [3.63, 3.8) is 0 Å². The van der Waals surface area contributed by atoms with E-state index in [2.05, 4.69) is 54.5 Å². The average Bonchev–Trinajstić information content (AvgIpc) is 2.12. The quantitative estimate of drug-likeness (QED) is 0.595. The van der Waals surface area contributed by atoms with Gasteiger partial charge in [-0.15, -0.1) is 0 Å². The third-order valence-corrected chi connectivity index (χ3v) is 2.47. The summed E-state index contributed by atoms with van der Waals surface area (Å²) >= 11 is 0. The van der Waals surface area contributed by atoms with E-state index in [9.17, 15) is 0 Å². The first-order valence-corrected chi connectivity index (χ1v) is 4.44. The van der Waals surface area contributed by atoms with Crippen LogP contribution in [0, 0.1) is 6.92 Å². The molecule has 0 aromatic heterocycles. The third kappa shape index (κ3) is 1.28. The summed E-state index contributed by atoms with van der Waals surface area (Å²) in [6.45, 7) is 2.12. The molecule has 0 atom stereocenters. The van der Waals surface area contributed by atoms with E-state index in [1.807, 2.05) is 7.05 Å². The molecule has 0 fully saturated rings. The van der Waals surface area contributed by atoms with Crippen LogP contribution >= 0.6 is 0 Å². The largest absolute Gasteiger partial charge is 0.296 e. The van der Waals surface area contributed by atoms with Crippen molar-refractivity contribution < 1.29 is 0 Å². The number of rotatable bonds is 0. The highest BCUT2D eigenvalue weighted by molar-refractivity contribution is 5.70. The van der Waals surface area contributed by atoms with E-state index in [1.165, 1.54) is 16.8 Å². The van der Waals surface area contributed by atoms with E-state index >= 15 is 0 Å². The lowest BCUT2D eigenvalue weighted by atomic mass is 10.1.